The Morgan fingerprint density at radius 2 is 1.92 bits per heavy atom. The molecular weight excluding hydrogens is 379 g/mol. The summed E-state index contributed by atoms with van der Waals surface area (Å²) >= 11 is 11.9. The highest BCUT2D eigenvalue weighted by molar-refractivity contribution is 7.92. The van der Waals surface area contributed by atoms with Crippen molar-refractivity contribution < 1.29 is 18.1 Å². The Labute approximate surface area is 148 Å². The van der Waals surface area contributed by atoms with Crippen LogP contribution in [0.3, 0.4) is 0 Å². The van der Waals surface area contributed by atoms with E-state index in [2.05, 4.69) is 4.72 Å². The quantitative estimate of drug-likeness (QED) is 0.596. The van der Waals surface area contributed by atoms with Crippen molar-refractivity contribution in [3.8, 4) is 5.75 Å². The summed E-state index contributed by atoms with van der Waals surface area (Å²) in [4.78, 5) is 10.3. The van der Waals surface area contributed by atoms with Crippen LogP contribution in [0.25, 0.3) is 0 Å². The molecule has 7 nitrogen and oxygen atoms in total. The topological polar surface area (TPSA) is 98.5 Å². The van der Waals surface area contributed by atoms with Crippen LogP contribution >= 0.6 is 23.2 Å². The number of halogens is 2. The predicted molar refractivity (Wildman–Crippen MR) is 92.4 cm³/mol. The highest BCUT2D eigenvalue weighted by Gasteiger charge is 2.15. The number of anilines is 1. The molecule has 2 rings (SSSR count). The fourth-order valence-corrected chi connectivity index (χ4v) is 2.77. The van der Waals surface area contributed by atoms with Crippen LogP contribution in [0.4, 0.5) is 11.4 Å². The lowest BCUT2D eigenvalue weighted by Crippen LogP contribution is -2.11. The van der Waals surface area contributed by atoms with Crippen LogP contribution in [-0.4, -0.2) is 19.6 Å². The van der Waals surface area contributed by atoms with E-state index in [-0.39, 0.29) is 23.7 Å². The summed E-state index contributed by atoms with van der Waals surface area (Å²) in [6, 6.07) is 8.35. The van der Waals surface area contributed by atoms with E-state index in [4.69, 9.17) is 27.9 Å². The molecule has 10 heteroatoms. The molecule has 0 fully saturated rings. The second-order valence-corrected chi connectivity index (χ2v) is 7.43. The highest BCUT2D eigenvalue weighted by Crippen LogP contribution is 2.31. The Morgan fingerprint density at radius 1 is 1.21 bits per heavy atom. The molecule has 0 aliphatic carbocycles. The normalized spacial score (nSPS) is 11.1. The summed E-state index contributed by atoms with van der Waals surface area (Å²) < 4.78 is 30.6. The van der Waals surface area contributed by atoms with Gasteiger partial charge in [0.2, 0.25) is 10.0 Å². The molecule has 0 spiro atoms. The first-order valence-corrected chi connectivity index (χ1v) is 9.13. The molecule has 0 atom stereocenters. The molecule has 0 heterocycles. The van der Waals surface area contributed by atoms with E-state index in [9.17, 15) is 18.5 Å². The van der Waals surface area contributed by atoms with Crippen molar-refractivity contribution in [2.24, 2.45) is 0 Å². The molecule has 0 amide bonds. The van der Waals surface area contributed by atoms with Gasteiger partial charge in [0.25, 0.3) is 5.69 Å². The number of non-ortho nitro benzene ring substituents is 1. The van der Waals surface area contributed by atoms with Crippen LogP contribution in [0.1, 0.15) is 5.56 Å². The molecule has 0 saturated heterocycles. The smallest absolute Gasteiger partial charge is 0.273 e. The van der Waals surface area contributed by atoms with Crippen LogP contribution < -0.4 is 9.46 Å². The van der Waals surface area contributed by atoms with Crippen molar-refractivity contribution in [3.63, 3.8) is 0 Å². The zero-order chi connectivity index (χ0) is 17.9. The number of nitrogens with one attached hydrogen (secondary N) is 1. The summed E-state index contributed by atoms with van der Waals surface area (Å²) in [7, 11) is -3.58. The maximum Gasteiger partial charge on any atom is 0.273 e. The van der Waals surface area contributed by atoms with E-state index >= 15 is 0 Å². The van der Waals surface area contributed by atoms with E-state index in [1.165, 1.54) is 12.1 Å². The zero-order valence-electron chi connectivity index (χ0n) is 12.3. The van der Waals surface area contributed by atoms with E-state index < -0.39 is 14.9 Å². The Morgan fingerprint density at radius 3 is 2.54 bits per heavy atom. The zero-order valence-corrected chi connectivity index (χ0v) is 14.7. The van der Waals surface area contributed by atoms with Crippen LogP contribution in [0, 0.1) is 10.1 Å². The first-order valence-electron chi connectivity index (χ1n) is 6.48. The van der Waals surface area contributed by atoms with Gasteiger partial charge in [0, 0.05) is 21.7 Å². The molecule has 1 N–H and O–H groups in total. The number of hydrogen-bond acceptors (Lipinski definition) is 5. The Hall–Kier alpha value is -2.03. The molecule has 0 bridgehead atoms. The minimum Gasteiger partial charge on any atom is -0.486 e. The minimum absolute atomic E-state index is 0.00525. The molecule has 0 aromatic heterocycles. The molecule has 0 unspecified atom stereocenters. The summed E-state index contributed by atoms with van der Waals surface area (Å²) in [6.07, 6.45) is 0.964. The third-order valence-corrected chi connectivity index (χ3v) is 4.06. The average molecular weight is 391 g/mol. The van der Waals surface area contributed by atoms with Crippen molar-refractivity contribution >= 4 is 44.6 Å². The molecule has 0 aliphatic heterocycles. The van der Waals surface area contributed by atoms with Crippen LogP contribution in [0.15, 0.2) is 36.4 Å². The van der Waals surface area contributed by atoms with Gasteiger partial charge in [-0.05, 0) is 24.3 Å². The van der Waals surface area contributed by atoms with Gasteiger partial charge >= 0.3 is 0 Å². The van der Waals surface area contributed by atoms with Crippen LogP contribution in [-0.2, 0) is 16.6 Å². The van der Waals surface area contributed by atoms with Gasteiger partial charge in [0.15, 0.2) is 5.75 Å². The number of nitro groups is 1. The molecule has 0 saturated carbocycles. The summed E-state index contributed by atoms with van der Waals surface area (Å²) in [5.41, 5.74) is 0.406. The van der Waals surface area contributed by atoms with E-state index in [1.807, 2.05) is 0 Å². The largest absolute Gasteiger partial charge is 0.486 e. The fourth-order valence-electron chi connectivity index (χ4n) is 1.84. The standard InChI is InChI=1S/C14H12Cl2N2O5S/c1-24(21,22)17-13-5-3-11(18(19)20)7-14(13)23-8-9-6-10(15)2-4-12(9)16/h2-7,17H,8H2,1H3. The van der Waals surface area contributed by atoms with Crippen molar-refractivity contribution in [3.05, 3.63) is 62.1 Å². The van der Waals surface area contributed by atoms with E-state index in [0.29, 0.717) is 15.6 Å². The molecular formula is C14H12Cl2N2O5S. The van der Waals surface area contributed by atoms with Crippen molar-refractivity contribution in [2.75, 3.05) is 11.0 Å². The Bertz CT molecular complexity index is 887. The van der Waals surface area contributed by atoms with Gasteiger partial charge in [-0.25, -0.2) is 8.42 Å². The molecule has 128 valence electrons. The third-order valence-electron chi connectivity index (χ3n) is 2.86. The lowest BCUT2D eigenvalue weighted by atomic mass is 10.2. The number of ether oxygens (including phenoxy) is 1. The number of nitrogens with zero attached hydrogens (tertiary/aromatic N) is 1. The Balaban J connectivity index is 2.33. The first-order chi connectivity index (χ1) is 11.2. The van der Waals surface area contributed by atoms with Gasteiger partial charge in [-0.1, -0.05) is 23.2 Å². The maximum absolute atomic E-state index is 11.4. The summed E-state index contributed by atoms with van der Waals surface area (Å²) in [5.74, 6) is 0.00525. The lowest BCUT2D eigenvalue weighted by molar-refractivity contribution is -0.384. The molecule has 2 aromatic rings. The van der Waals surface area contributed by atoms with Crippen molar-refractivity contribution in [1.29, 1.82) is 0 Å². The van der Waals surface area contributed by atoms with Gasteiger partial charge in [0.1, 0.15) is 6.61 Å². The predicted octanol–water partition coefficient (Wildman–Crippen LogP) is 3.85. The van der Waals surface area contributed by atoms with Crippen molar-refractivity contribution in [1.82, 2.24) is 0 Å². The molecule has 0 radical (unpaired) electrons. The van der Waals surface area contributed by atoms with E-state index in [1.54, 1.807) is 18.2 Å². The van der Waals surface area contributed by atoms with Gasteiger partial charge in [-0.3, -0.25) is 14.8 Å². The minimum atomic E-state index is -3.58. The van der Waals surface area contributed by atoms with Crippen LogP contribution in [0.2, 0.25) is 10.0 Å². The van der Waals surface area contributed by atoms with Gasteiger partial charge in [-0.2, -0.15) is 0 Å². The molecule has 2 aromatic carbocycles. The number of benzene rings is 2. The monoisotopic (exact) mass is 390 g/mol. The van der Waals surface area contributed by atoms with Gasteiger partial charge in [0.05, 0.1) is 22.9 Å². The van der Waals surface area contributed by atoms with Crippen LogP contribution in [0.5, 0.6) is 5.75 Å². The van der Waals surface area contributed by atoms with E-state index in [0.717, 1.165) is 12.3 Å². The first kappa shape index (κ1) is 18.3. The summed E-state index contributed by atoms with van der Waals surface area (Å²) in [5, 5.41) is 11.8. The number of rotatable bonds is 6. The van der Waals surface area contributed by atoms with Crippen molar-refractivity contribution in [2.45, 2.75) is 6.61 Å². The summed E-state index contributed by atoms with van der Waals surface area (Å²) in [6.45, 7) is -0.0427. The number of hydrogen-bond donors (Lipinski definition) is 1. The number of nitro benzene ring substituents is 1. The molecule has 24 heavy (non-hydrogen) atoms. The average Bonchev–Trinajstić information content (AvgIpc) is 2.47. The highest BCUT2D eigenvalue weighted by atomic mass is 35.5. The fraction of sp³-hybridized carbons (Fsp3) is 0.143. The lowest BCUT2D eigenvalue weighted by Gasteiger charge is -2.13. The maximum atomic E-state index is 11.4. The van der Waals surface area contributed by atoms with Gasteiger partial charge < -0.3 is 4.74 Å². The second-order valence-electron chi connectivity index (χ2n) is 4.84. The van der Waals surface area contributed by atoms with Gasteiger partial charge in [-0.15, -0.1) is 0 Å². The number of sulfonamides is 1. The third kappa shape index (κ3) is 4.98. The Kier molecular flexibility index (Phi) is 5.53. The molecule has 0 aliphatic rings. The second kappa shape index (κ2) is 7.25. The SMILES string of the molecule is CS(=O)(=O)Nc1ccc([N+](=O)[O-])cc1OCc1cc(Cl)ccc1Cl.